The van der Waals surface area contributed by atoms with Gasteiger partial charge in [-0.05, 0) is 24.5 Å². The minimum atomic E-state index is -0.330. The van der Waals surface area contributed by atoms with Gasteiger partial charge in [0.25, 0.3) is 0 Å². The van der Waals surface area contributed by atoms with Crippen molar-refractivity contribution in [2.75, 3.05) is 6.54 Å². The average Bonchev–Trinajstić information content (AvgIpc) is 2.80. The number of fused-ring (bicyclic) bond motifs is 1. The van der Waals surface area contributed by atoms with Gasteiger partial charge in [-0.25, -0.2) is 4.98 Å². The van der Waals surface area contributed by atoms with Crippen molar-refractivity contribution < 1.29 is 5.11 Å². The monoisotopic (exact) mass is 272 g/mol. The van der Waals surface area contributed by atoms with Gasteiger partial charge in [-0.3, -0.25) is 0 Å². The minimum absolute atomic E-state index is 0.330. The summed E-state index contributed by atoms with van der Waals surface area (Å²) in [6, 6.07) is 5.71. The van der Waals surface area contributed by atoms with Gasteiger partial charge in [0.1, 0.15) is 11.7 Å². The minimum Gasteiger partial charge on any atom is -0.392 e. The molecule has 0 aromatic carbocycles. The molecule has 0 saturated heterocycles. The number of rotatable bonds is 6. The van der Waals surface area contributed by atoms with Crippen LogP contribution in [0.15, 0.2) is 24.5 Å². The summed E-state index contributed by atoms with van der Waals surface area (Å²) in [6.45, 7) is 5.36. The summed E-state index contributed by atoms with van der Waals surface area (Å²) in [5.41, 5.74) is 2.41. The molecule has 0 spiro atoms. The summed E-state index contributed by atoms with van der Waals surface area (Å²) < 4.78 is 1.90. The molecule has 1 atom stereocenters. The van der Waals surface area contributed by atoms with Crippen molar-refractivity contribution in [3.05, 3.63) is 35.8 Å². The lowest BCUT2D eigenvalue weighted by atomic mass is 10.1. The molecule has 106 valence electrons. The Balaban J connectivity index is 1.98. The lowest BCUT2D eigenvalue weighted by molar-refractivity contribution is 0.146. The quantitative estimate of drug-likeness (QED) is 0.839. The van der Waals surface area contributed by atoms with Crippen molar-refractivity contribution in [3.63, 3.8) is 0 Å². The maximum atomic E-state index is 9.82. The normalized spacial score (nSPS) is 12.8. The van der Waals surface area contributed by atoms with Crippen LogP contribution in [0.2, 0.25) is 0 Å². The van der Waals surface area contributed by atoms with E-state index in [1.807, 2.05) is 10.5 Å². The first-order valence-electron chi connectivity index (χ1n) is 6.85. The highest BCUT2D eigenvalue weighted by atomic mass is 16.3. The van der Waals surface area contributed by atoms with Crippen LogP contribution in [-0.2, 0) is 6.54 Å². The molecule has 0 aliphatic carbocycles. The molecule has 0 saturated carbocycles. The van der Waals surface area contributed by atoms with E-state index in [0.717, 1.165) is 17.8 Å². The van der Waals surface area contributed by atoms with Crippen molar-refractivity contribution in [1.29, 1.82) is 5.26 Å². The predicted octanol–water partition coefficient (Wildman–Crippen LogP) is 1.70. The van der Waals surface area contributed by atoms with E-state index >= 15 is 0 Å². The van der Waals surface area contributed by atoms with Gasteiger partial charge in [-0.2, -0.15) is 5.26 Å². The largest absolute Gasteiger partial charge is 0.392 e. The van der Waals surface area contributed by atoms with Crippen molar-refractivity contribution in [1.82, 2.24) is 14.7 Å². The van der Waals surface area contributed by atoms with E-state index in [1.165, 1.54) is 0 Å². The standard InChI is InChI=1S/C15H20N4O/c1-11(2)5-14(20)9-17-7-13-8-18-15-4-3-12(6-16)10-19(13)15/h3-4,8,10-11,14,17,20H,5,7,9H2,1-2H3. The number of aromatic nitrogens is 2. The molecule has 0 aliphatic rings. The van der Waals surface area contributed by atoms with Crippen molar-refractivity contribution in [2.45, 2.75) is 32.9 Å². The van der Waals surface area contributed by atoms with Crippen LogP contribution in [0.3, 0.4) is 0 Å². The summed E-state index contributed by atoms with van der Waals surface area (Å²) in [4.78, 5) is 4.29. The van der Waals surface area contributed by atoms with Crippen molar-refractivity contribution in [3.8, 4) is 6.07 Å². The third kappa shape index (κ3) is 3.56. The van der Waals surface area contributed by atoms with Crippen LogP contribution in [0.5, 0.6) is 0 Å². The maximum Gasteiger partial charge on any atom is 0.137 e. The molecular formula is C15H20N4O. The molecule has 0 fully saturated rings. The van der Waals surface area contributed by atoms with Gasteiger partial charge < -0.3 is 14.8 Å². The first-order chi connectivity index (χ1) is 9.60. The Bertz CT molecular complexity index is 612. The SMILES string of the molecule is CC(C)CC(O)CNCc1cnc2ccc(C#N)cn12. The Morgan fingerprint density at radius 1 is 1.45 bits per heavy atom. The van der Waals surface area contributed by atoms with Crippen LogP contribution in [0, 0.1) is 17.2 Å². The molecule has 2 aromatic rings. The molecule has 2 rings (SSSR count). The highest BCUT2D eigenvalue weighted by Crippen LogP contribution is 2.09. The number of hydrogen-bond donors (Lipinski definition) is 2. The van der Waals surface area contributed by atoms with Gasteiger partial charge in [0.05, 0.1) is 23.6 Å². The summed E-state index contributed by atoms with van der Waals surface area (Å²) in [5.74, 6) is 0.487. The Hall–Kier alpha value is -1.90. The number of nitrogens with one attached hydrogen (secondary N) is 1. The number of nitriles is 1. The van der Waals surface area contributed by atoms with Crippen LogP contribution in [-0.4, -0.2) is 27.1 Å². The predicted molar refractivity (Wildman–Crippen MR) is 77.1 cm³/mol. The van der Waals surface area contributed by atoms with Gasteiger partial charge in [-0.15, -0.1) is 0 Å². The van der Waals surface area contributed by atoms with Crippen LogP contribution in [0.25, 0.3) is 5.65 Å². The number of aliphatic hydroxyl groups is 1. The molecule has 0 bridgehead atoms. The Morgan fingerprint density at radius 2 is 2.25 bits per heavy atom. The fraction of sp³-hybridized carbons (Fsp3) is 0.467. The maximum absolute atomic E-state index is 9.82. The molecule has 20 heavy (non-hydrogen) atoms. The van der Waals surface area contributed by atoms with Gasteiger partial charge in [0.2, 0.25) is 0 Å². The van der Waals surface area contributed by atoms with E-state index in [9.17, 15) is 5.11 Å². The molecule has 0 aliphatic heterocycles. The van der Waals surface area contributed by atoms with Crippen molar-refractivity contribution >= 4 is 5.65 Å². The number of imidazole rings is 1. The zero-order valence-corrected chi connectivity index (χ0v) is 11.9. The molecule has 2 N–H and O–H groups in total. The lowest BCUT2D eigenvalue weighted by Gasteiger charge is -2.13. The smallest absolute Gasteiger partial charge is 0.137 e. The molecule has 0 amide bonds. The molecule has 2 aromatic heterocycles. The topological polar surface area (TPSA) is 73.3 Å². The van der Waals surface area contributed by atoms with E-state index in [2.05, 4.69) is 30.2 Å². The molecule has 1 unspecified atom stereocenters. The van der Waals surface area contributed by atoms with E-state index in [-0.39, 0.29) is 6.10 Å². The summed E-state index contributed by atoms with van der Waals surface area (Å²) in [6.07, 6.45) is 4.03. The number of pyridine rings is 1. The number of aliphatic hydroxyl groups excluding tert-OH is 1. The van der Waals surface area contributed by atoms with E-state index in [1.54, 1.807) is 18.5 Å². The molecule has 5 heteroatoms. The second-order valence-electron chi connectivity index (χ2n) is 5.42. The highest BCUT2D eigenvalue weighted by molar-refractivity contribution is 5.44. The Morgan fingerprint density at radius 3 is 2.95 bits per heavy atom. The average molecular weight is 272 g/mol. The third-order valence-electron chi connectivity index (χ3n) is 3.14. The summed E-state index contributed by atoms with van der Waals surface area (Å²) >= 11 is 0. The molecule has 0 radical (unpaired) electrons. The van der Waals surface area contributed by atoms with Gasteiger partial charge in [0, 0.05) is 19.3 Å². The molecule has 2 heterocycles. The second kappa shape index (κ2) is 6.51. The first-order valence-corrected chi connectivity index (χ1v) is 6.85. The van der Waals surface area contributed by atoms with Crippen LogP contribution in [0.4, 0.5) is 0 Å². The van der Waals surface area contributed by atoms with Crippen molar-refractivity contribution in [2.24, 2.45) is 5.92 Å². The zero-order valence-electron chi connectivity index (χ0n) is 11.9. The highest BCUT2D eigenvalue weighted by Gasteiger charge is 2.08. The Kier molecular flexibility index (Phi) is 4.72. The Labute approximate surface area is 118 Å². The fourth-order valence-electron chi connectivity index (χ4n) is 2.22. The summed E-state index contributed by atoms with van der Waals surface area (Å²) in [7, 11) is 0. The second-order valence-corrected chi connectivity index (χ2v) is 5.42. The summed E-state index contributed by atoms with van der Waals surface area (Å²) in [5, 5.41) is 22.0. The van der Waals surface area contributed by atoms with Gasteiger partial charge >= 0.3 is 0 Å². The number of nitrogens with zero attached hydrogens (tertiary/aromatic N) is 3. The van der Waals surface area contributed by atoms with E-state index < -0.39 is 0 Å². The fourth-order valence-corrected chi connectivity index (χ4v) is 2.22. The number of hydrogen-bond acceptors (Lipinski definition) is 4. The van der Waals surface area contributed by atoms with Crippen LogP contribution >= 0.6 is 0 Å². The van der Waals surface area contributed by atoms with Gasteiger partial charge in [-0.1, -0.05) is 13.8 Å². The molecular weight excluding hydrogens is 252 g/mol. The van der Waals surface area contributed by atoms with Crippen LogP contribution in [0.1, 0.15) is 31.5 Å². The van der Waals surface area contributed by atoms with Crippen LogP contribution < -0.4 is 5.32 Å². The zero-order chi connectivity index (χ0) is 14.5. The first kappa shape index (κ1) is 14.5. The van der Waals surface area contributed by atoms with E-state index in [0.29, 0.717) is 24.6 Å². The third-order valence-corrected chi connectivity index (χ3v) is 3.14. The van der Waals surface area contributed by atoms with Gasteiger partial charge in [0.15, 0.2) is 0 Å². The molecule has 5 nitrogen and oxygen atoms in total. The lowest BCUT2D eigenvalue weighted by Crippen LogP contribution is -2.27. The van der Waals surface area contributed by atoms with E-state index in [4.69, 9.17) is 5.26 Å².